The topological polar surface area (TPSA) is 53.6 Å². The van der Waals surface area contributed by atoms with Gasteiger partial charge in [-0.3, -0.25) is 4.99 Å². The molecule has 1 heterocycles. The average molecular weight is 382 g/mol. The molecule has 0 amide bonds. The molecule has 0 unspecified atom stereocenters. The van der Waals surface area contributed by atoms with Crippen LogP contribution in [0, 0.1) is 11.8 Å². The van der Waals surface area contributed by atoms with Gasteiger partial charge in [-0.15, -0.1) is 24.0 Å². The van der Waals surface area contributed by atoms with Gasteiger partial charge in [0.15, 0.2) is 5.96 Å². The largest absolute Gasteiger partial charge is 0.370 e. The standard InChI is InChI=1S/C14H30N4.HI/c1-4-7-18-8-5-13(6-9-18)11-17-14(15)16-10-12(2)3;/h12-13H,4-11H2,1-3H3,(H3,15,16,17);1H. The van der Waals surface area contributed by atoms with Crippen LogP contribution in [0.5, 0.6) is 0 Å². The maximum atomic E-state index is 5.84. The van der Waals surface area contributed by atoms with Crippen LogP contribution in [-0.2, 0) is 0 Å². The molecule has 0 atom stereocenters. The van der Waals surface area contributed by atoms with Gasteiger partial charge in [0.25, 0.3) is 0 Å². The van der Waals surface area contributed by atoms with Crippen LogP contribution in [0.4, 0.5) is 0 Å². The monoisotopic (exact) mass is 382 g/mol. The molecule has 0 bridgehead atoms. The number of halogens is 1. The van der Waals surface area contributed by atoms with Crippen molar-refractivity contribution in [2.24, 2.45) is 22.6 Å². The van der Waals surface area contributed by atoms with Crippen LogP contribution in [0.25, 0.3) is 0 Å². The minimum absolute atomic E-state index is 0. The van der Waals surface area contributed by atoms with E-state index in [0.29, 0.717) is 11.9 Å². The average Bonchev–Trinajstić information content (AvgIpc) is 2.36. The number of rotatable bonds is 6. The summed E-state index contributed by atoms with van der Waals surface area (Å²) in [5.74, 6) is 1.94. The summed E-state index contributed by atoms with van der Waals surface area (Å²) in [5.41, 5.74) is 5.84. The Kier molecular flexibility index (Phi) is 10.7. The quantitative estimate of drug-likeness (QED) is 0.421. The molecule has 0 aromatic rings. The van der Waals surface area contributed by atoms with Gasteiger partial charge in [0.05, 0.1) is 0 Å². The smallest absolute Gasteiger partial charge is 0.188 e. The van der Waals surface area contributed by atoms with E-state index in [1.807, 2.05) is 0 Å². The fourth-order valence-corrected chi connectivity index (χ4v) is 2.32. The highest BCUT2D eigenvalue weighted by Crippen LogP contribution is 2.16. The zero-order chi connectivity index (χ0) is 13.4. The fraction of sp³-hybridized carbons (Fsp3) is 0.929. The molecule has 5 heteroatoms. The lowest BCUT2D eigenvalue weighted by molar-refractivity contribution is 0.185. The third kappa shape index (κ3) is 8.68. The summed E-state index contributed by atoms with van der Waals surface area (Å²) in [5, 5.41) is 3.26. The summed E-state index contributed by atoms with van der Waals surface area (Å²) in [6.07, 6.45) is 3.83. The SMILES string of the molecule is CCCN1CCC(CNC(N)=NCC(C)C)CC1.I. The molecular formula is C14H31IN4. The van der Waals surface area contributed by atoms with E-state index < -0.39 is 0 Å². The van der Waals surface area contributed by atoms with Crippen LogP contribution in [0.3, 0.4) is 0 Å². The van der Waals surface area contributed by atoms with Crippen molar-refractivity contribution in [3.8, 4) is 0 Å². The van der Waals surface area contributed by atoms with Gasteiger partial charge in [-0.05, 0) is 50.7 Å². The second-order valence-electron chi connectivity index (χ2n) is 5.79. The molecule has 1 aliphatic rings. The number of hydrogen-bond donors (Lipinski definition) is 2. The molecule has 0 aliphatic carbocycles. The maximum absolute atomic E-state index is 5.84. The van der Waals surface area contributed by atoms with Crippen molar-refractivity contribution in [1.82, 2.24) is 10.2 Å². The van der Waals surface area contributed by atoms with Gasteiger partial charge in [-0.2, -0.15) is 0 Å². The number of likely N-dealkylation sites (tertiary alicyclic amines) is 1. The number of nitrogens with two attached hydrogens (primary N) is 1. The Morgan fingerprint density at radius 3 is 2.53 bits per heavy atom. The van der Waals surface area contributed by atoms with E-state index in [-0.39, 0.29) is 24.0 Å². The van der Waals surface area contributed by atoms with Crippen molar-refractivity contribution in [2.45, 2.75) is 40.0 Å². The van der Waals surface area contributed by atoms with Crippen molar-refractivity contribution in [1.29, 1.82) is 0 Å². The fourth-order valence-electron chi connectivity index (χ4n) is 2.32. The number of aliphatic imine (C=N–C) groups is 1. The Balaban J connectivity index is 0.00000324. The molecular weight excluding hydrogens is 351 g/mol. The van der Waals surface area contributed by atoms with Gasteiger partial charge in [-0.25, -0.2) is 0 Å². The van der Waals surface area contributed by atoms with Gasteiger partial charge in [0, 0.05) is 13.1 Å². The van der Waals surface area contributed by atoms with Gasteiger partial charge in [0.2, 0.25) is 0 Å². The van der Waals surface area contributed by atoms with E-state index >= 15 is 0 Å². The second-order valence-corrected chi connectivity index (χ2v) is 5.79. The third-order valence-corrected chi connectivity index (χ3v) is 3.45. The van der Waals surface area contributed by atoms with Crippen molar-refractivity contribution in [2.75, 3.05) is 32.7 Å². The van der Waals surface area contributed by atoms with E-state index in [0.717, 1.165) is 19.0 Å². The van der Waals surface area contributed by atoms with E-state index in [2.05, 4.69) is 36.0 Å². The molecule has 3 N–H and O–H groups in total. The van der Waals surface area contributed by atoms with E-state index in [4.69, 9.17) is 5.73 Å². The Morgan fingerprint density at radius 1 is 1.37 bits per heavy atom. The zero-order valence-corrected chi connectivity index (χ0v) is 15.0. The van der Waals surface area contributed by atoms with Gasteiger partial charge < -0.3 is 16.0 Å². The van der Waals surface area contributed by atoms with Crippen LogP contribution >= 0.6 is 24.0 Å². The molecule has 4 nitrogen and oxygen atoms in total. The number of piperidine rings is 1. The number of hydrogen-bond acceptors (Lipinski definition) is 2. The molecule has 0 radical (unpaired) electrons. The van der Waals surface area contributed by atoms with Gasteiger partial charge in [-0.1, -0.05) is 20.8 Å². The van der Waals surface area contributed by atoms with Gasteiger partial charge >= 0.3 is 0 Å². The summed E-state index contributed by atoms with van der Waals surface area (Å²) in [6.45, 7) is 12.1. The highest BCUT2D eigenvalue weighted by Gasteiger charge is 2.18. The summed E-state index contributed by atoms with van der Waals surface area (Å²) in [7, 11) is 0. The van der Waals surface area contributed by atoms with Crippen LogP contribution < -0.4 is 11.1 Å². The number of nitrogens with zero attached hydrogens (tertiary/aromatic N) is 2. The summed E-state index contributed by atoms with van der Waals surface area (Å²) in [6, 6.07) is 0. The first kappa shape index (κ1) is 19.0. The van der Waals surface area contributed by atoms with Crippen molar-refractivity contribution in [3.63, 3.8) is 0 Å². The third-order valence-electron chi connectivity index (χ3n) is 3.45. The first-order valence-corrected chi connectivity index (χ1v) is 7.38. The lowest BCUT2D eigenvalue weighted by Crippen LogP contribution is -2.41. The molecule has 1 rings (SSSR count). The molecule has 0 aromatic carbocycles. The molecule has 19 heavy (non-hydrogen) atoms. The van der Waals surface area contributed by atoms with Gasteiger partial charge in [0.1, 0.15) is 0 Å². The molecule has 1 saturated heterocycles. The van der Waals surface area contributed by atoms with E-state index in [1.165, 1.54) is 38.9 Å². The Labute approximate surface area is 135 Å². The Hall–Kier alpha value is -0.0400. The lowest BCUT2D eigenvalue weighted by Gasteiger charge is -2.31. The first-order chi connectivity index (χ1) is 8.61. The second kappa shape index (κ2) is 10.7. The number of nitrogens with one attached hydrogen (secondary N) is 1. The van der Waals surface area contributed by atoms with Crippen LogP contribution in [0.2, 0.25) is 0 Å². The zero-order valence-electron chi connectivity index (χ0n) is 12.7. The van der Waals surface area contributed by atoms with Crippen LogP contribution in [-0.4, -0.2) is 43.6 Å². The molecule has 0 saturated carbocycles. The molecule has 0 spiro atoms. The molecule has 1 fully saturated rings. The van der Waals surface area contributed by atoms with E-state index in [9.17, 15) is 0 Å². The van der Waals surface area contributed by atoms with Crippen LogP contribution in [0.15, 0.2) is 4.99 Å². The Morgan fingerprint density at radius 2 is 2.00 bits per heavy atom. The summed E-state index contributed by atoms with van der Waals surface area (Å²) < 4.78 is 0. The van der Waals surface area contributed by atoms with Crippen molar-refractivity contribution >= 4 is 29.9 Å². The predicted octanol–water partition coefficient (Wildman–Crippen LogP) is 2.29. The normalized spacial score (nSPS) is 18.4. The van der Waals surface area contributed by atoms with Crippen molar-refractivity contribution < 1.29 is 0 Å². The highest BCUT2D eigenvalue weighted by molar-refractivity contribution is 14.0. The van der Waals surface area contributed by atoms with Crippen LogP contribution in [0.1, 0.15) is 40.0 Å². The number of guanidine groups is 1. The lowest BCUT2D eigenvalue weighted by atomic mass is 9.97. The summed E-state index contributed by atoms with van der Waals surface area (Å²) >= 11 is 0. The minimum atomic E-state index is 0. The van der Waals surface area contributed by atoms with Crippen molar-refractivity contribution in [3.05, 3.63) is 0 Å². The first-order valence-electron chi connectivity index (χ1n) is 7.38. The van der Waals surface area contributed by atoms with E-state index in [1.54, 1.807) is 0 Å². The molecule has 1 aliphatic heterocycles. The Bertz CT molecular complexity index is 248. The maximum Gasteiger partial charge on any atom is 0.188 e. The minimum Gasteiger partial charge on any atom is -0.370 e. The highest BCUT2D eigenvalue weighted by atomic mass is 127. The predicted molar refractivity (Wildman–Crippen MR) is 94.2 cm³/mol. The summed E-state index contributed by atoms with van der Waals surface area (Å²) in [4.78, 5) is 6.89. The molecule has 114 valence electrons. The molecule has 0 aromatic heterocycles.